The molecular formula is C16H23NO2. The van der Waals surface area contributed by atoms with Gasteiger partial charge in [-0.15, -0.1) is 0 Å². The standard InChI is InChI=1S/C16H23NO2/c1-4-11-5-6-15(18-3)13-9-14-16(10-12(11)13)19-8-7-17(14)2/h5-6,14,16H,4,7-10H2,1-3H3/t14-,16-/m1/s1. The van der Waals surface area contributed by atoms with E-state index in [0.717, 1.165) is 38.2 Å². The van der Waals surface area contributed by atoms with Crippen molar-refractivity contribution in [3.05, 3.63) is 28.8 Å². The van der Waals surface area contributed by atoms with Crippen LogP contribution in [0.15, 0.2) is 12.1 Å². The van der Waals surface area contributed by atoms with E-state index in [1.165, 1.54) is 16.7 Å². The van der Waals surface area contributed by atoms with Gasteiger partial charge < -0.3 is 9.47 Å². The average Bonchev–Trinajstić information content (AvgIpc) is 2.45. The number of ether oxygens (including phenoxy) is 2. The molecule has 0 unspecified atom stereocenters. The van der Waals surface area contributed by atoms with Crippen LogP contribution in [-0.2, 0) is 24.0 Å². The van der Waals surface area contributed by atoms with Gasteiger partial charge in [0.2, 0.25) is 0 Å². The molecule has 19 heavy (non-hydrogen) atoms. The number of rotatable bonds is 2. The summed E-state index contributed by atoms with van der Waals surface area (Å²) >= 11 is 0. The minimum Gasteiger partial charge on any atom is -0.496 e. The average molecular weight is 261 g/mol. The summed E-state index contributed by atoms with van der Waals surface area (Å²) < 4.78 is 11.6. The van der Waals surface area contributed by atoms with Crippen LogP contribution in [0, 0.1) is 0 Å². The van der Waals surface area contributed by atoms with E-state index in [9.17, 15) is 0 Å². The van der Waals surface area contributed by atoms with Gasteiger partial charge in [0.1, 0.15) is 5.75 Å². The molecule has 104 valence electrons. The Kier molecular flexibility index (Phi) is 3.50. The number of hydrogen-bond donors (Lipinski definition) is 0. The highest BCUT2D eigenvalue weighted by Crippen LogP contribution is 2.36. The van der Waals surface area contributed by atoms with Crippen LogP contribution >= 0.6 is 0 Å². The van der Waals surface area contributed by atoms with Crippen molar-refractivity contribution in [1.29, 1.82) is 0 Å². The zero-order valence-electron chi connectivity index (χ0n) is 12.1. The molecule has 2 aliphatic rings. The van der Waals surface area contributed by atoms with Gasteiger partial charge in [-0.05, 0) is 42.6 Å². The first-order valence-corrected chi connectivity index (χ1v) is 7.24. The van der Waals surface area contributed by atoms with Crippen LogP contribution in [-0.4, -0.2) is 44.4 Å². The van der Waals surface area contributed by atoms with Crippen molar-refractivity contribution >= 4 is 0 Å². The van der Waals surface area contributed by atoms with Gasteiger partial charge in [-0.1, -0.05) is 13.0 Å². The monoisotopic (exact) mass is 261 g/mol. The normalized spacial score (nSPS) is 26.7. The maximum Gasteiger partial charge on any atom is 0.122 e. The minimum absolute atomic E-state index is 0.351. The Morgan fingerprint density at radius 1 is 1.32 bits per heavy atom. The molecule has 3 heteroatoms. The fraction of sp³-hybridized carbons (Fsp3) is 0.625. The Morgan fingerprint density at radius 2 is 2.16 bits per heavy atom. The van der Waals surface area contributed by atoms with E-state index < -0.39 is 0 Å². The number of aryl methyl sites for hydroxylation is 1. The molecule has 0 N–H and O–H groups in total. The summed E-state index contributed by atoms with van der Waals surface area (Å²) in [5, 5.41) is 0. The van der Waals surface area contributed by atoms with Gasteiger partial charge in [0, 0.05) is 19.0 Å². The lowest BCUT2D eigenvalue weighted by Crippen LogP contribution is -2.53. The highest BCUT2D eigenvalue weighted by molar-refractivity contribution is 5.48. The van der Waals surface area contributed by atoms with Gasteiger partial charge in [0.05, 0.1) is 19.8 Å². The topological polar surface area (TPSA) is 21.7 Å². The summed E-state index contributed by atoms with van der Waals surface area (Å²) in [6.07, 6.45) is 3.52. The van der Waals surface area contributed by atoms with Gasteiger partial charge in [0.25, 0.3) is 0 Å². The highest BCUT2D eigenvalue weighted by Gasteiger charge is 2.36. The summed E-state index contributed by atoms with van der Waals surface area (Å²) in [5.74, 6) is 1.05. The molecule has 0 spiro atoms. The molecule has 0 amide bonds. The highest BCUT2D eigenvalue weighted by atomic mass is 16.5. The van der Waals surface area contributed by atoms with Crippen LogP contribution in [0.4, 0.5) is 0 Å². The number of morpholine rings is 1. The Morgan fingerprint density at radius 3 is 2.89 bits per heavy atom. The molecule has 0 bridgehead atoms. The minimum atomic E-state index is 0.351. The molecule has 0 saturated carbocycles. The van der Waals surface area contributed by atoms with Crippen molar-refractivity contribution in [3.8, 4) is 5.75 Å². The Hall–Kier alpha value is -1.06. The summed E-state index contributed by atoms with van der Waals surface area (Å²) in [6.45, 7) is 4.12. The number of hydrogen-bond acceptors (Lipinski definition) is 3. The van der Waals surface area contributed by atoms with Gasteiger partial charge >= 0.3 is 0 Å². The first-order chi connectivity index (χ1) is 9.24. The van der Waals surface area contributed by atoms with Crippen molar-refractivity contribution in [2.45, 2.75) is 38.3 Å². The Balaban J connectivity index is 2.02. The predicted octanol–water partition coefficient (Wildman–Crippen LogP) is 2.06. The third-order valence-corrected chi connectivity index (χ3v) is 4.68. The van der Waals surface area contributed by atoms with Crippen LogP contribution in [0.3, 0.4) is 0 Å². The summed E-state index contributed by atoms with van der Waals surface area (Å²) in [7, 11) is 3.98. The zero-order chi connectivity index (χ0) is 13.4. The maximum atomic E-state index is 6.00. The second kappa shape index (κ2) is 5.14. The molecule has 1 fully saturated rings. The van der Waals surface area contributed by atoms with Crippen LogP contribution in [0.2, 0.25) is 0 Å². The van der Waals surface area contributed by atoms with Crippen LogP contribution in [0.25, 0.3) is 0 Å². The molecule has 1 aromatic carbocycles. The second-order valence-electron chi connectivity index (χ2n) is 5.60. The van der Waals surface area contributed by atoms with Crippen molar-refractivity contribution in [3.63, 3.8) is 0 Å². The number of methoxy groups -OCH3 is 1. The zero-order valence-corrected chi connectivity index (χ0v) is 12.1. The third-order valence-electron chi connectivity index (χ3n) is 4.68. The number of fused-ring (bicyclic) bond motifs is 2. The van der Waals surface area contributed by atoms with Crippen LogP contribution < -0.4 is 4.74 Å². The first-order valence-electron chi connectivity index (χ1n) is 7.24. The number of nitrogens with zero attached hydrogens (tertiary/aromatic N) is 1. The first kappa shape index (κ1) is 12.9. The van der Waals surface area contributed by atoms with E-state index in [-0.39, 0.29) is 0 Å². The van der Waals surface area contributed by atoms with E-state index >= 15 is 0 Å². The second-order valence-corrected chi connectivity index (χ2v) is 5.60. The lowest BCUT2D eigenvalue weighted by Gasteiger charge is -2.43. The van der Waals surface area contributed by atoms with Crippen molar-refractivity contribution in [2.75, 3.05) is 27.3 Å². The smallest absolute Gasteiger partial charge is 0.122 e. The van der Waals surface area contributed by atoms with E-state index in [1.807, 2.05) is 0 Å². The Labute approximate surface area is 115 Å². The quantitative estimate of drug-likeness (QED) is 0.813. The molecule has 1 saturated heterocycles. The SMILES string of the molecule is CCc1ccc(OC)c2c1C[C@H]1OCCN(C)[C@@H]1C2. The molecule has 0 aromatic heterocycles. The predicted molar refractivity (Wildman–Crippen MR) is 75.9 cm³/mol. The van der Waals surface area contributed by atoms with Gasteiger partial charge in [-0.2, -0.15) is 0 Å². The van der Waals surface area contributed by atoms with Gasteiger partial charge in [-0.25, -0.2) is 0 Å². The van der Waals surface area contributed by atoms with E-state index in [0.29, 0.717) is 12.1 Å². The molecule has 0 radical (unpaired) electrons. The summed E-state index contributed by atoms with van der Waals surface area (Å²) in [4.78, 5) is 2.44. The van der Waals surface area contributed by atoms with Gasteiger partial charge in [0.15, 0.2) is 0 Å². The summed E-state index contributed by atoms with van der Waals surface area (Å²) in [6, 6.07) is 4.84. The molecule has 3 nitrogen and oxygen atoms in total. The third kappa shape index (κ3) is 2.15. The van der Waals surface area contributed by atoms with Crippen molar-refractivity contribution in [2.24, 2.45) is 0 Å². The number of likely N-dealkylation sites (N-methyl/N-ethyl adjacent to an activating group) is 1. The van der Waals surface area contributed by atoms with Crippen LogP contribution in [0.5, 0.6) is 5.75 Å². The largest absolute Gasteiger partial charge is 0.496 e. The van der Waals surface area contributed by atoms with Crippen molar-refractivity contribution < 1.29 is 9.47 Å². The molecule has 1 aliphatic heterocycles. The lowest BCUT2D eigenvalue weighted by atomic mass is 9.81. The molecule has 1 heterocycles. The molecule has 1 aromatic rings. The van der Waals surface area contributed by atoms with E-state index in [2.05, 4.69) is 31.0 Å². The van der Waals surface area contributed by atoms with Gasteiger partial charge in [-0.3, -0.25) is 4.90 Å². The molecule has 3 rings (SSSR count). The molecular weight excluding hydrogens is 238 g/mol. The fourth-order valence-electron chi connectivity index (χ4n) is 3.52. The number of benzene rings is 1. The maximum absolute atomic E-state index is 6.00. The Bertz CT molecular complexity index is 472. The van der Waals surface area contributed by atoms with E-state index in [4.69, 9.17) is 9.47 Å². The lowest BCUT2D eigenvalue weighted by molar-refractivity contribution is -0.0647. The molecule has 2 atom stereocenters. The van der Waals surface area contributed by atoms with Crippen molar-refractivity contribution in [1.82, 2.24) is 4.90 Å². The van der Waals surface area contributed by atoms with Crippen LogP contribution in [0.1, 0.15) is 23.6 Å². The summed E-state index contributed by atoms with van der Waals surface area (Å²) in [5.41, 5.74) is 4.32. The fourth-order valence-corrected chi connectivity index (χ4v) is 3.52. The molecule has 1 aliphatic carbocycles. The van der Waals surface area contributed by atoms with E-state index in [1.54, 1.807) is 7.11 Å².